The van der Waals surface area contributed by atoms with Crippen LogP contribution in [-0.4, -0.2) is 0 Å². The summed E-state index contributed by atoms with van der Waals surface area (Å²) in [5, 5.41) is 13.0. The molecule has 0 aliphatic heterocycles. The molecule has 0 saturated carbocycles. The molecule has 1 spiro atoms. The zero-order valence-electron chi connectivity index (χ0n) is 30.0. The van der Waals surface area contributed by atoms with Crippen LogP contribution in [0.25, 0.3) is 98.4 Å². The number of hydrogen-bond acceptors (Lipinski definition) is 0. The minimum atomic E-state index is -0.437. The first-order valence-corrected chi connectivity index (χ1v) is 19.3. The summed E-state index contributed by atoms with van der Waals surface area (Å²) >= 11 is 0. The minimum Gasteiger partial charge on any atom is -0.0619 e. The molecular weight excluding hydrogens is 661 g/mol. The summed E-state index contributed by atoms with van der Waals surface area (Å²) in [6.45, 7) is 0. The Kier molecular flexibility index (Phi) is 5.65. The molecule has 0 nitrogen and oxygen atoms in total. The van der Waals surface area contributed by atoms with E-state index in [1.807, 2.05) is 0 Å². The third-order valence-corrected chi connectivity index (χ3v) is 13.0. The summed E-state index contributed by atoms with van der Waals surface area (Å²) in [4.78, 5) is 0. The molecule has 0 atom stereocenters. The molecule has 0 N–H and O–H groups in total. The largest absolute Gasteiger partial charge is 0.0725 e. The van der Waals surface area contributed by atoms with Gasteiger partial charge in [-0.3, -0.25) is 0 Å². The van der Waals surface area contributed by atoms with Gasteiger partial charge in [0.2, 0.25) is 0 Å². The maximum absolute atomic E-state index is 2.53. The van der Waals surface area contributed by atoms with Crippen molar-refractivity contribution in [2.75, 3.05) is 0 Å². The third kappa shape index (κ3) is 3.76. The second-order valence-corrected chi connectivity index (χ2v) is 15.6. The maximum Gasteiger partial charge on any atom is 0.0725 e. The fourth-order valence-electron chi connectivity index (χ4n) is 10.7. The van der Waals surface area contributed by atoms with Gasteiger partial charge in [0.15, 0.2) is 0 Å². The first kappa shape index (κ1) is 29.4. The molecule has 0 aromatic heterocycles. The van der Waals surface area contributed by atoms with Gasteiger partial charge >= 0.3 is 0 Å². The van der Waals surface area contributed by atoms with E-state index in [0.717, 1.165) is 0 Å². The van der Waals surface area contributed by atoms with Gasteiger partial charge in [-0.1, -0.05) is 164 Å². The molecule has 0 unspecified atom stereocenters. The average Bonchev–Trinajstić information content (AvgIpc) is 3.71. The van der Waals surface area contributed by atoms with E-state index in [4.69, 9.17) is 0 Å². The van der Waals surface area contributed by atoms with Gasteiger partial charge < -0.3 is 0 Å². The van der Waals surface area contributed by atoms with Crippen LogP contribution in [-0.2, 0) is 5.41 Å². The van der Waals surface area contributed by atoms with E-state index in [2.05, 4.69) is 194 Å². The van der Waals surface area contributed by atoms with Crippen LogP contribution in [0.15, 0.2) is 194 Å². The van der Waals surface area contributed by atoms with E-state index in [1.54, 1.807) is 0 Å². The van der Waals surface area contributed by atoms with Gasteiger partial charge in [-0.2, -0.15) is 0 Å². The molecule has 55 heavy (non-hydrogen) atoms. The Hall–Kier alpha value is -7.02. The van der Waals surface area contributed by atoms with E-state index < -0.39 is 5.41 Å². The Morgan fingerprint density at radius 1 is 0.236 bits per heavy atom. The summed E-state index contributed by atoms with van der Waals surface area (Å²) in [6, 6.07) is 73.5. The van der Waals surface area contributed by atoms with Crippen LogP contribution in [0.1, 0.15) is 22.3 Å². The van der Waals surface area contributed by atoms with Gasteiger partial charge in [-0.25, -0.2) is 0 Å². The second kappa shape index (κ2) is 10.6. The average molecular weight is 693 g/mol. The van der Waals surface area contributed by atoms with E-state index >= 15 is 0 Å². The van der Waals surface area contributed by atoms with Crippen molar-refractivity contribution in [1.29, 1.82) is 0 Å². The summed E-state index contributed by atoms with van der Waals surface area (Å²) in [6.07, 6.45) is 0. The van der Waals surface area contributed by atoms with Crippen molar-refractivity contribution in [1.82, 2.24) is 0 Å². The van der Waals surface area contributed by atoms with Crippen LogP contribution in [0.4, 0.5) is 0 Å². The molecular formula is C55H32. The summed E-state index contributed by atoms with van der Waals surface area (Å²) in [5.74, 6) is 0. The molecule has 0 radical (unpaired) electrons. The van der Waals surface area contributed by atoms with Crippen molar-refractivity contribution in [3.05, 3.63) is 216 Å². The summed E-state index contributed by atoms with van der Waals surface area (Å²) < 4.78 is 0. The summed E-state index contributed by atoms with van der Waals surface area (Å²) in [5.41, 5.74) is 15.4. The Morgan fingerprint density at radius 2 is 0.745 bits per heavy atom. The molecule has 0 fully saturated rings. The first-order chi connectivity index (χ1) is 27.3. The predicted molar refractivity (Wildman–Crippen MR) is 232 cm³/mol. The van der Waals surface area contributed by atoms with Gasteiger partial charge in [-0.15, -0.1) is 0 Å². The SMILES string of the molecule is c1ccc2c(c1)-c1ccccc1C21c2cc(-c3cc4ccc5cccc6ccc(c3)c4c56)ccc2-c2cc3c(-c4cccc5ccccc45)cccc3cc21. The highest BCUT2D eigenvalue weighted by Gasteiger charge is 2.51. The van der Waals surface area contributed by atoms with Crippen molar-refractivity contribution in [2.45, 2.75) is 5.41 Å². The van der Waals surface area contributed by atoms with E-state index in [-0.39, 0.29) is 0 Å². The van der Waals surface area contributed by atoms with Crippen molar-refractivity contribution in [3.8, 4) is 44.5 Å². The van der Waals surface area contributed by atoms with E-state index in [1.165, 1.54) is 121 Å². The molecule has 11 aromatic rings. The lowest BCUT2D eigenvalue weighted by Gasteiger charge is -2.31. The number of benzene rings is 11. The molecule has 11 aromatic carbocycles. The van der Waals surface area contributed by atoms with E-state index in [0.29, 0.717) is 0 Å². The number of fused-ring (bicyclic) bond motifs is 12. The van der Waals surface area contributed by atoms with Crippen LogP contribution in [0.2, 0.25) is 0 Å². The van der Waals surface area contributed by atoms with Crippen molar-refractivity contribution in [3.63, 3.8) is 0 Å². The lowest BCUT2D eigenvalue weighted by Crippen LogP contribution is -2.25. The fraction of sp³-hybridized carbons (Fsp3) is 0.0182. The van der Waals surface area contributed by atoms with Gasteiger partial charge in [0, 0.05) is 0 Å². The minimum absolute atomic E-state index is 0.437. The lowest BCUT2D eigenvalue weighted by molar-refractivity contribution is 0.795. The monoisotopic (exact) mass is 692 g/mol. The lowest BCUT2D eigenvalue weighted by atomic mass is 9.70. The Morgan fingerprint density at radius 3 is 1.49 bits per heavy atom. The Bertz CT molecular complexity index is 3320. The van der Waals surface area contributed by atoms with Crippen LogP contribution in [0, 0.1) is 0 Å². The molecule has 2 aliphatic rings. The molecule has 13 rings (SSSR count). The number of hydrogen-bond donors (Lipinski definition) is 0. The Labute approximate surface area is 318 Å². The molecule has 0 saturated heterocycles. The van der Waals surface area contributed by atoms with Crippen LogP contribution in [0.3, 0.4) is 0 Å². The van der Waals surface area contributed by atoms with Crippen molar-refractivity contribution >= 4 is 53.9 Å². The normalized spacial score (nSPS) is 13.6. The first-order valence-electron chi connectivity index (χ1n) is 19.3. The highest BCUT2D eigenvalue weighted by atomic mass is 14.5. The topological polar surface area (TPSA) is 0 Å². The number of rotatable bonds is 2. The van der Waals surface area contributed by atoms with Gasteiger partial charge in [-0.05, 0) is 151 Å². The van der Waals surface area contributed by atoms with Crippen LogP contribution < -0.4 is 0 Å². The van der Waals surface area contributed by atoms with E-state index in [9.17, 15) is 0 Å². The second-order valence-electron chi connectivity index (χ2n) is 15.6. The van der Waals surface area contributed by atoms with Gasteiger partial charge in [0.25, 0.3) is 0 Å². The van der Waals surface area contributed by atoms with Gasteiger partial charge in [0.05, 0.1) is 5.41 Å². The highest BCUT2D eigenvalue weighted by Crippen LogP contribution is 2.63. The van der Waals surface area contributed by atoms with Gasteiger partial charge in [0.1, 0.15) is 0 Å². The molecule has 0 amide bonds. The molecule has 2 aliphatic carbocycles. The quantitative estimate of drug-likeness (QED) is 0.158. The molecule has 0 heteroatoms. The molecule has 0 heterocycles. The van der Waals surface area contributed by atoms with Crippen LogP contribution >= 0.6 is 0 Å². The third-order valence-electron chi connectivity index (χ3n) is 13.0. The zero-order valence-corrected chi connectivity index (χ0v) is 30.0. The van der Waals surface area contributed by atoms with Crippen molar-refractivity contribution < 1.29 is 0 Å². The molecule has 0 bridgehead atoms. The van der Waals surface area contributed by atoms with Crippen LogP contribution in [0.5, 0.6) is 0 Å². The zero-order chi connectivity index (χ0) is 35.8. The molecule has 252 valence electrons. The predicted octanol–water partition coefficient (Wildman–Crippen LogP) is 14.6. The highest BCUT2D eigenvalue weighted by molar-refractivity contribution is 6.23. The standard InChI is InChI=1S/C55H32/c1-2-15-41-33(10-1)11-8-18-42(41)43-19-9-14-37-31-52-48(32-47(37)43)46-27-26-36(30-51(46)55(52)49-20-5-3-16-44(49)45-17-4-6-21-50(45)55)40-28-38-24-22-34-12-7-13-35-23-25-39(29-40)54(38)53(34)35/h1-32H. The van der Waals surface area contributed by atoms with Crippen molar-refractivity contribution in [2.24, 2.45) is 0 Å². The Balaban J connectivity index is 1.11. The summed E-state index contributed by atoms with van der Waals surface area (Å²) in [7, 11) is 0. The smallest absolute Gasteiger partial charge is 0.0619 e. The maximum atomic E-state index is 2.53. The fourth-order valence-corrected chi connectivity index (χ4v) is 10.7.